The highest BCUT2D eigenvalue weighted by Crippen LogP contribution is 2.26. The summed E-state index contributed by atoms with van der Waals surface area (Å²) in [6, 6.07) is 5.58. The lowest BCUT2D eigenvalue weighted by molar-refractivity contribution is -0.00213. The van der Waals surface area contributed by atoms with Gasteiger partial charge in [0.25, 0.3) is 0 Å². The molecule has 2 rings (SSSR count). The first-order valence-corrected chi connectivity index (χ1v) is 8.12. The molecule has 1 aliphatic heterocycles. The van der Waals surface area contributed by atoms with Crippen LogP contribution in [0.15, 0.2) is 17.5 Å². The van der Waals surface area contributed by atoms with Gasteiger partial charge in [-0.15, -0.1) is 11.3 Å². The van der Waals surface area contributed by atoms with Crippen LogP contribution in [-0.4, -0.2) is 18.8 Å². The summed E-state index contributed by atoms with van der Waals surface area (Å²) in [6.45, 7) is 5.40. The third kappa shape index (κ3) is 3.81. The molecular formula is C15H25NOS. The normalized spacial score (nSPS) is 26.1. The fourth-order valence-electron chi connectivity index (χ4n) is 2.69. The summed E-state index contributed by atoms with van der Waals surface area (Å²) in [5.74, 6) is 0. The Morgan fingerprint density at radius 3 is 3.06 bits per heavy atom. The molecule has 3 unspecified atom stereocenters. The third-order valence-corrected chi connectivity index (χ3v) is 4.71. The maximum atomic E-state index is 5.75. The molecule has 0 radical (unpaired) electrons. The van der Waals surface area contributed by atoms with Crippen molar-refractivity contribution in [1.29, 1.82) is 0 Å². The minimum absolute atomic E-state index is 0.460. The van der Waals surface area contributed by atoms with Crippen LogP contribution in [0, 0.1) is 0 Å². The monoisotopic (exact) mass is 267 g/mol. The van der Waals surface area contributed by atoms with Gasteiger partial charge in [-0.25, -0.2) is 0 Å². The first kappa shape index (κ1) is 14.0. The van der Waals surface area contributed by atoms with Gasteiger partial charge in [-0.2, -0.15) is 0 Å². The lowest BCUT2D eigenvalue weighted by Gasteiger charge is -2.32. The summed E-state index contributed by atoms with van der Waals surface area (Å²) in [4.78, 5) is 1.48. The Hall–Kier alpha value is -0.380. The van der Waals surface area contributed by atoms with Gasteiger partial charge >= 0.3 is 0 Å². The van der Waals surface area contributed by atoms with Gasteiger partial charge in [-0.05, 0) is 37.1 Å². The van der Waals surface area contributed by atoms with Crippen molar-refractivity contribution in [3.8, 4) is 0 Å². The average molecular weight is 267 g/mol. The molecule has 3 atom stereocenters. The maximum absolute atomic E-state index is 5.75. The van der Waals surface area contributed by atoms with Crippen molar-refractivity contribution >= 4 is 11.3 Å². The Balaban J connectivity index is 1.92. The van der Waals surface area contributed by atoms with Crippen molar-refractivity contribution < 1.29 is 4.74 Å². The summed E-state index contributed by atoms with van der Waals surface area (Å²) in [5, 5.41) is 6.03. The van der Waals surface area contributed by atoms with Crippen LogP contribution >= 0.6 is 11.3 Å². The van der Waals surface area contributed by atoms with E-state index in [1.807, 2.05) is 11.3 Å². The van der Waals surface area contributed by atoms with E-state index in [0.717, 1.165) is 19.4 Å². The molecule has 1 saturated heterocycles. The van der Waals surface area contributed by atoms with E-state index in [1.165, 1.54) is 24.1 Å². The van der Waals surface area contributed by atoms with E-state index >= 15 is 0 Å². The Bertz CT molecular complexity index is 325. The van der Waals surface area contributed by atoms with Gasteiger partial charge in [0.15, 0.2) is 0 Å². The van der Waals surface area contributed by atoms with Crippen molar-refractivity contribution in [2.45, 2.75) is 64.1 Å². The summed E-state index contributed by atoms with van der Waals surface area (Å²) in [6.07, 6.45) is 6.38. The smallest absolute Gasteiger partial charge is 0.0587 e. The molecular weight excluding hydrogens is 242 g/mol. The first-order chi connectivity index (χ1) is 8.83. The van der Waals surface area contributed by atoms with E-state index in [2.05, 4.69) is 36.7 Å². The fraction of sp³-hybridized carbons (Fsp3) is 0.733. The summed E-state index contributed by atoms with van der Waals surface area (Å²) in [7, 11) is 0. The number of nitrogens with one attached hydrogen (secondary N) is 1. The summed E-state index contributed by atoms with van der Waals surface area (Å²) >= 11 is 1.87. The average Bonchev–Trinajstić information content (AvgIpc) is 2.92. The lowest BCUT2D eigenvalue weighted by atomic mass is 9.99. The second kappa shape index (κ2) is 7.27. The van der Waals surface area contributed by atoms with E-state index in [4.69, 9.17) is 4.74 Å². The Morgan fingerprint density at radius 2 is 2.39 bits per heavy atom. The highest BCUT2D eigenvalue weighted by molar-refractivity contribution is 7.10. The molecule has 1 aliphatic rings. The molecule has 2 nitrogen and oxygen atoms in total. The minimum atomic E-state index is 0.460. The quantitative estimate of drug-likeness (QED) is 0.836. The van der Waals surface area contributed by atoms with Crippen LogP contribution in [0.4, 0.5) is 0 Å². The number of thiophene rings is 1. The fourth-order valence-corrected chi connectivity index (χ4v) is 3.51. The molecule has 0 amide bonds. The Kier molecular flexibility index (Phi) is 5.67. The van der Waals surface area contributed by atoms with Crippen LogP contribution in [0.25, 0.3) is 0 Å². The van der Waals surface area contributed by atoms with Crippen molar-refractivity contribution in [3.05, 3.63) is 22.4 Å². The van der Waals surface area contributed by atoms with Crippen LogP contribution in [0.3, 0.4) is 0 Å². The topological polar surface area (TPSA) is 21.3 Å². The molecule has 2 heterocycles. The van der Waals surface area contributed by atoms with Crippen molar-refractivity contribution in [3.63, 3.8) is 0 Å². The highest BCUT2D eigenvalue weighted by atomic mass is 32.1. The second-order valence-corrected chi connectivity index (χ2v) is 6.12. The largest absolute Gasteiger partial charge is 0.378 e. The number of hydrogen-bond donors (Lipinski definition) is 1. The second-order valence-electron chi connectivity index (χ2n) is 5.15. The molecule has 3 heteroatoms. The summed E-state index contributed by atoms with van der Waals surface area (Å²) < 4.78 is 5.75. The molecule has 0 aromatic carbocycles. The van der Waals surface area contributed by atoms with Gasteiger partial charge in [-0.1, -0.05) is 26.3 Å². The van der Waals surface area contributed by atoms with Gasteiger partial charge in [0.1, 0.15) is 0 Å². The van der Waals surface area contributed by atoms with E-state index in [1.54, 1.807) is 0 Å². The molecule has 0 aliphatic carbocycles. The zero-order valence-corrected chi connectivity index (χ0v) is 12.3. The Labute approximate surface area is 115 Å². The molecule has 18 heavy (non-hydrogen) atoms. The highest BCUT2D eigenvalue weighted by Gasteiger charge is 2.24. The molecule has 1 N–H and O–H groups in total. The van der Waals surface area contributed by atoms with Crippen LogP contribution in [-0.2, 0) is 4.74 Å². The summed E-state index contributed by atoms with van der Waals surface area (Å²) in [5.41, 5.74) is 0. The number of rotatable bonds is 6. The Morgan fingerprint density at radius 1 is 1.50 bits per heavy atom. The van der Waals surface area contributed by atoms with Crippen LogP contribution < -0.4 is 5.32 Å². The van der Waals surface area contributed by atoms with E-state index in [-0.39, 0.29) is 0 Å². The van der Waals surface area contributed by atoms with Crippen LogP contribution in [0.2, 0.25) is 0 Å². The molecule has 1 aromatic heterocycles. The molecule has 0 spiro atoms. The maximum Gasteiger partial charge on any atom is 0.0587 e. The van der Waals surface area contributed by atoms with Crippen molar-refractivity contribution in [2.75, 3.05) is 6.61 Å². The lowest BCUT2D eigenvalue weighted by Crippen LogP contribution is -2.40. The molecule has 1 aromatic rings. The van der Waals surface area contributed by atoms with Gasteiger partial charge in [0.05, 0.1) is 6.10 Å². The predicted octanol–water partition coefficient (Wildman–Crippen LogP) is 4.14. The molecule has 102 valence electrons. The third-order valence-electron chi connectivity index (χ3n) is 3.72. The van der Waals surface area contributed by atoms with E-state index in [9.17, 15) is 0 Å². The predicted molar refractivity (Wildman–Crippen MR) is 78.2 cm³/mol. The molecule has 1 fully saturated rings. The van der Waals surface area contributed by atoms with Gasteiger partial charge in [0.2, 0.25) is 0 Å². The molecule has 0 bridgehead atoms. The first-order valence-electron chi connectivity index (χ1n) is 7.24. The van der Waals surface area contributed by atoms with Crippen LogP contribution in [0.5, 0.6) is 0 Å². The van der Waals surface area contributed by atoms with Crippen molar-refractivity contribution in [1.82, 2.24) is 5.32 Å². The zero-order chi connectivity index (χ0) is 12.8. The number of ether oxygens (including phenoxy) is 1. The van der Waals surface area contributed by atoms with Gasteiger partial charge < -0.3 is 10.1 Å². The number of hydrogen-bond acceptors (Lipinski definition) is 3. The molecule has 0 saturated carbocycles. The van der Waals surface area contributed by atoms with E-state index in [0.29, 0.717) is 18.2 Å². The van der Waals surface area contributed by atoms with Gasteiger partial charge in [-0.3, -0.25) is 0 Å². The van der Waals surface area contributed by atoms with Gasteiger partial charge in [0, 0.05) is 23.6 Å². The SMILES string of the molecule is CCCC(NC1CCOC(CC)C1)c1cccs1. The minimum Gasteiger partial charge on any atom is -0.378 e. The van der Waals surface area contributed by atoms with Crippen LogP contribution in [0.1, 0.15) is 56.9 Å². The zero-order valence-electron chi connectivity index (χ0n) is 11.5. The van der Waals surface area contributed by atoms with Crippen molar-refractivity contribution in [2.24, 2.45) is 0 Å². The van der Waals surface area contributed by atoms with E-state index < -0.39 is 0 Å². The standard InChI is InChI=1S/C15H25NOS/c1-3-6-14(15-7-5-10-18-15)16-12-8-9-17-13(4-2)11-12/h5,7,10,12-14,16H,3-4,6,8-9,11H2,1-2H3.